The zero-order valence-corrected chi connectivity index (χ0v) is 70.5. The number of cyclic esters (lactones) is 2. The fraction of sp³-hybridized carbons (Fsp3) is 0.901. The van der Waals surface area contributed by atoms with Gasteiger partial charge in [-0.05, 0) is 181 Å². The maximum absolute atomic E-state index is 14.3. The van der Waals surface area contributed by atoms with Gasteiger partial charge in [-0.3, -0.25) is 14.5 Å². The smallest absolute Gasteiger partial charge is 0.311 e. The lowest BCUT2D eigenvalue weighted by Crippen LogP contribution is -2.60. The topological polar surface area (TPSA) is 369 Å². The molecule has 11 N–H and O–H groups in total. The largest absolute Gasteiger partial charge is 0.459 e. The van der Waals surface area contributed by atoms with E-state index in [1.54, 1.807) is 90.1 Å². The molecule has 109 heavy (non-hydrogen) atoms. The summed E-state index contributed by atoms with van der Waals surface area (Å²) in [4.78, 5) is 34.4. The quantitative estimate of drug-likeness (QED) is 0.0967. The van der Waals surface area contributed by atoms with Crippen LogP contribution in [0, 0.1) is 35.5 Å². The molecule has 6 fully saturated rings. The van der Waals surface area contributed by atoms with Crippen LogP contribution in [0.3, 0.4) is 0 Å². The van der Waals surface area contributed by atoms with E-state index in [9.17, 15) is 60.7 Å². The molecule has 1 aromatic rings. The number of rotatable bonds is 16. The van der Waals surface area contributed by atoms with Gasteiger partial charge < -0.3 is 123 Å². The Kier molecular flexibility index (Phi) is 34.4. The number of carbonyl (C=O) groups excluding carboxylic acids is 2. The average molecular weight is 1560 g/mol. The summed E-state index contributed by atoms with van der Waals surface area (Å²) in [7, 11) is 10.4. The van der Waals surface area contributed by atoms with Crippen molar-refractivity contribution in [2.45, 2.75) is 377 Å². The van der Waals surface area contributed by atoms with Crippen molar-refractivity contribution in [3.05, 3.63) is 35.9 Å². The van der Waals surface area contributed by atoms with E-state index in [2.05, 4.69) is 10.2 Å². The molecule has 0 spiro atoms. The number of nitrogens with zero attached hydrogens (tertiary/aromatic N) is 3. The van der Waals surface area contributed by atoms with E-state index >= 15 is 0 Å². The third-order valence-corrected chi connectivity index (χ3v) is 25.3. The zero-order valence-electron chi connectivity index (χ0n) is 70.5. The van der Waals surface area contributed by atoms with Crippen LogP contribution in [-0.4, -0.2) is 314 Å². The van der Waals surface area contributed by atoms with Crippen LogP contribution >= 0.6 is 0 Å². The SMILES string of the molecule is CC[C@H]1OC(=O)[C@H](C)[C@@H](O[C@H]2C[C@@](C)(OC)[C@@H](O)[C@H](C)O2)C(C)[C@@H](O[C@@H]2O[C@H](C)C[C@H](N(C)Cc3ccccc3)[C@H]2O)[C@](C)(O)C[C@@H](C)CN(C)[C@H](C)[C@@H](O)[C@]1(C)O.CC[C@H]1OC(=O)[C@H](C)[C@@H](O[C@H]2C[C@@](C)(OC)[C@@H](O)[C@H](C)O2)C(C)[C@@H](O[C@@H]2O[C@H](C)C[C@H](NC)[C@H]2O)[C@](C)(O)C[C@@H](C)CN(C)[C@H](C)[C@@H](O)[C@]1(C)O. The van der Waals surface area contributed by atoms with E-state index in [1.807, 2.05) is 103 Å². The molecule has 0 saturated carbocycles. The molecule has 6 aliphatic rings. The van der Waals surface area contributed by atoms with Crippen LogP contribution in [0.4, 0.5) is 0 Å². The third-order valence-electron chi connectivity index (χ3n) is 25.3. The van der Waals surface area contributed by atoms with Crippen LogP contribution in [0.2, 0.25) is 0 Å². The van der Waals surface area contributed by atoms with Crippen molar-refractivity contribution in [1.82, 2.24) is 20.0 Å². The first kappa shape index (κ1) is 95.0. The molecule has 6 aliphatic heterocycles. The van der Waals surface area contributed by atoms with Crippen LogP contribution in [0.1, 0.15) is 195 Å². The highest BCUT2D eigenvalue weighted by atomic mass is 16.7. The van der Waals surface area contributed by atoms with Crippen molar-refractivity contribution in [1.29, 1.82) is 0 Å². The minimum Gasteiger partial charge on any atom is -0.459 e. The lowest BCUT2D eigenvalue weighted by atomic mass is 9.77. The summed E-state index contributed by atoms with van der Waals surface area (Å²) >= 11 is 0. The van der Waals surface area contributed by atoms with Gasteiger partial charge in [0.25, 0.3) is 0 Å². The van der Waals surface area contributed by atoms with Crippen molar-refractivity contribution in [2.24, 2.45) is 35.5 Å². The molecule has 0 radical (unpaired) electrons. The monoisotopic (exact) mass is 1560 g/mol. The Balaban J connectivity index is 0.000000344. The molecule has 1 aromatic carbocycles. The average Bonchev–Trinajstić information content (AvgIpc) is 1.73. The van der Waals surface area contributed by atoms with E-state index in [-0.39, 0.29) is 74.7 Å². The van der Waals surface area contributed by atoms with Crippen LogP contribution in [0.5, 0.6) is 0 Å². The molecule has 634 valence electrons. The van der Waals surface area contributed by atoms with Crippen molar-refractivity contribution >= 4 is 11.9 Å². The van der Waals surface area contributed by atoms with Crippen molar-refractivity contribution in [3.8, 4) is 0 Å². The van der Waals surface area contributed by atoms with Gasteiger partial charge in [-0.25, -0.2) is 0 Å². The second-order valence-corrected chi connectivity index (χ2v) is 35.1. The number of hydrogen-bond acceptors (Lipinski definition) is 28. The fourth-order valence-electron chi connectivity index (χ4n) is 18.2. The van der Waals surface area contributed by atoms with Gasteiger partial charge in [-0.15, -0.1) is 0 Å². The van der Waals surface area contributed by atoms with E-state index in [4.69, 9.17) is 56.8 Å². The number of hydrogen-bond donors (Lipinski definition) is 11. The minimum atomic E-state index is -1.81. The molecular formula is C81H146N4O24. The highest BCUT2D eigenvalue weighted by Gasteiger charge is 2.56. The van der Waals surface area contributed by atoms with Crippen molar-refractivity contribution < 1.29 is 117 Å². The summed E-state index contributed by atoms with van der Waals surface area (Å²) in [5.41, 5.74) is -7.71. The number of carbonyl (C=O) groups is 2. The maximum Gasteiger partial charge on any atom is 0.311 e. The summed E-state index contributed by atoms with van der Waals surface area (Å²) in [6, 6.07) is 8.26. The molecule has 2 unspecified atom stereocenters. The Morgan fingerprint density at radius 1 is 0.532 bits per heavy atom. The number of aliphatic hydroxyl groups excluding tert-OH is 6. The summed E-state index contributed by atoms with van der Waals surface area (Å²) in [6.07, 6.45) is -16.7. The summed E-state index contributed by atoms with van der Waals surface area (Å²) in [5.74, 6) is -5.24. The van der Waals surface area contributed by atoms with Gasteiger partial charge >= 0.3 is 11.9 Å². The zero-order chi connectivity index (χ0) is 82.3. The highest BCUT2D eigenvalue weighted by Crippen LogP contribution is 2.44. The molecule has 6 saturated heterocycles. The number of aliphatic hydroxyl groups is 10. The Labute approximate surface area is 650 Å². The molecule has 36 atom stereocenters. The number of esters is 2. The first-order valence-corrected chi connectivity index (χ1v) is 40.1. The molecule has 28 nitrogen and oxygen atoms in total. The summed E-state index contributed by atoms with van der Waals surface area (Å²) in [6.45, 7) is 36.7. The van der Waals surface area contributed by atoms with Gasteiger partial charge in [-0.1, -0.05) is 71.9 Å². The van der Waals surface area contributed by atoms with Crippen LogP contribution in [0.15, 0.2) is 30.3 Å². The molecule has 0 bridgehead atoms. The summed E-state index contributed by atoms with van der Waals surface area (Å²) in [5, 5.41) is 120. The second-order valence-electron chi connectivity index (χ2n) is 35.1. The predicted octanol–water partition coefficient (Wildman–Crippen LogP) is 5.03. The normalized spacial score (nSPS) is 47.8. The number of benzene rings is 1. The van der Waals surface area contributed by atoms with Gasteiger partial charge in [0, 0.05) is 82.7 Å². The third kappa shape index (κ3) is 22.9. The Bertz CT molecular complexity index is 2930. The highest BCUT2D eigenvalue weighted by molar-refractivity contribution is 5.73. The predicted molar refractivity (Wildman–Crippen MR) is 408 cm³/mol. The summed E-state index contributed by atoms with van der Waals surface area (Å²) < 4.78 is 75.4. The first-order chi connectivity index (χ1) is 50.5. The first-order valence-electron chi connectivity index (χ1n) is 40.1. The van der Waals surface area contributed by atoms with E-state index in [1.165, 1.54) is 28.1 Å². The second kappa shape index (κ2) is 39.4. The van der Waals surface area contributed by atoms with Gasteiger partial charge in [0.05, 0.1) is 83.1 Å². The van der Waals surface area contributed by atoms with Crippen LogP contribution in [0.25, 0.3) is 0 Å². The van der Waals surface area contributed by atoms with Gasteiger partial charge in [0.15, 0.2) is 25.2 Å². The van der Waals surface area contributed by atoms with E-state index in [0.717, 1.165) is 5.56 Å². The van der Waals surface area contributed by atoms with E-state index in [0.29, 0.717) is 32.5 Å². The van der Waals surface area contributed by atoms with Gasteiger partial charge in [0.2, 0.25) is 0 Å². The Hall–Kier alpha value is -2.80. The molecule has 6 heterocycles. The number of likely N-dealkylation sites (N-methyl/N-ethyl adjacent to an activating group) is 4. The molecular weight excluding hydrogens is 1410 g/mol. The standard InChI is InChI=1S/C44H76N2O12.C37H70N2O12/c1-14-33-44(10,52)37(48)29(6)45(11)23-25(2)21-42(8,51)39(58-41-35(47)32(20-26(3)54-41)46(12)24-31-18-16-15-17-19-31)27(4)36(28(5)40(50)56-33)57-34-22-43(9,53-13)38(49)30(7)55-34;1-14-26-37(10,45)30(41)23(6)39(12)18-19(2)16-35(8,44)32(51-34-28(40)25(38-11)15-20(3)47-34)21(4)29(22(5)33(43)49-26)50-27-17-36(9,46-13)31(42)24(7)48-27/h15-19,25-30,32-39,41,47-49,51-52H,14,20-24H2,1-13H3;19-32,34,38,40-42,44-45H,14-18H2,1-13H3/t25-,26-,27?,28-,29-,30+,32+,33-,34+,35-,36+,37-,38+,39-,41+,42-,43-,44-;19-,20-,21?,22-,23-,24+,25+,26-,27+,28-,29+,30-,31+,32-,34+,35-,36-,37-/m11/s1. The molecule has 0 aliphatic carbocycles. The fourth-order valence-corrected chi connectivity index (χ4v) is 18.2. The maximum atomic E-state index is 14.3. The molecule has 0 aromatic heterocycles. The lowest BCUT2D eigenvalue weighted by molar-refractivity contribution is -0.318. The number of nitrogens with one attached hydrogen (secondary N) is 1. The van der Waals surface area contributed by atoms with E-state index < -0.39 is 192 Å². The minimum absolute atomic E-state index is 0.124. The van der Waals surface area contributed by atoms with Crippen LogP contribution < -0.4 is 5.32 Å². The lowest BCUT2D eigenvalue weighted by Gasteiger charge is -2.49. The molecule has 7 rings (SSSR count). The van der Waals surface area contributed by atoms with Crippen LogP contribution in [-0.2, 0) is 73.0 Å². The van der Waals surface area contributed by atoms with Crippen molar-refractivity contribution in [3.63, 3.8) is 0 Å². The van der Waals surface area contributed by atoms with Crippen molar-refractivity contribution in [2.75, 3.05) is 55.5 Å². The molecule has 28 heteroatoms. The number of methoxy groups -OCH3 is 2. The Morgan fingerprint density at radius 2 is 0.908 bits per heavy atom. The molecule has 0 amide bonds. The Morgan fingerprint density at radius 3 is 1.28 bits per heavy atom. The number of ether oxygens (including phenoxy) is 12. The van der Waals surface area contributed by atoms with Gasteiger partial charge in [0.1, 0.15) is 60.0 Å². The van der Waals surface area contributed by atoms with Gasteiger partial charge in [-0.2, -0.15) is 0 Å².